The molecule has 4 N–H and O–H groups in total. The number of benzene rings is 5. The fraction of sp³-hybridized carbons (Fsp3) is 0.227. The van der Waals surface area contributed by atoms with E-state index in [0.29, 0.717) is 47.2 Å². The van der Waals surface area contributed by atoms with Gasteiger partial charge in [0.2, 0.25) is 0 Å². The maximum absolute atomic E-state index is 13.0. The van der Waals surface area contributed by atoms with Crippen LogP contribution in [0.15, 0.2) is 115 Å². The van der Waals surface area contributed by atoms with Crippen LogP contribution in [-0.2, 0) is 6.54 Å². The molecule has 0 unspecified atom stereocenters. The molecule has 9 heteroatoms. The van der Waals surface area contributed by atoms with Gasteiger partial charge in [0, 0.05) is 35.4 Å². The van der Waals surface area contributed by atoms with Crippen LogP contribution in [0.25, 0.3) is 22.2 Å². The smallest absolute Gasteiger partial charge is 0.345 e. The van der Waals surface area contributed by atoms with E-state index < -0.39 is 11.9 Å². The number of para-hydroxylation sites is 2. The fourth-order valence-electron chi connectivity index (χ4n) is 7.00. The van der Waals surface area contributed by atoms with Crippen molar-refractivity contribution in [3.8, 4) is 28.5 Å². The standard InChI is InChI=1S/C44H44N4O5/c1-30-38-28-35(53-44(50)37-11-5-7-13-40(37)46)22-23-41(38)48(29-31-14-18-33(19-15-31)51-27-26-47-24-8-2-3-9-25-47)42(30)32-16-20-34(21-17-32)52-43(49)36-10-4-6-12-39(36)45/h4-7,10-23,28H,2-3,8-9,24-27,29,45-46H2,1H3. The maximum Gasteiger partial charge on any atom is 0.345 e. The van der Waals surface area contributed by atoms with Crippen LogP contribution in [0.5, 0.6) is 17.2 Å². The molecule has 0 radical (unpaired) electrons. The summed E-state index contributed by atoms with van der Waals surface area (Å²) in [5.41, 5.74) is 18.4. The minimum Gasteiger partial charge on any atom is -0.492 e. The second kappa shape index (κ2) is 16.1. The van der Waals surface area contributed by atoms with E-state index in [0.717, 1.165) is 58.7 Å². The topological polar surface area (TPSA) is 122 Å². The Kier molecular flexibility index (Phi) is 10.7. The number of esters is 2. The fourth-order valence-corrected chi connectivity index (χ4v) is 7.00. The van der Waals surface area contributed by atoms with Crippen LogP contribution in [0, 0.1) is 6.92 Å². The molecule has 270 valence electrons. The summed E-state index contributed by atoms with van der Waals surface area (Å²) in [4.78, 5) is 28.4. The van der Waals surface area contributed by atoms with Gasteiger partial charge in [-0.15, -0.1) is 0 Å². The number of hydrogen-bond acceptors (Lipinski definition) is 8. The third-order valence-electron chi connectivity index (χ3n) is 9.84. The number of nitrogen functional groups attached to an aromatic ring is 2. The number of nitrogens with zero attached hydrogens (tertiary/aromatic N) is 2. The van der Waals surface area contributed by atoms with E-state index >= 15 is 0 Å². The Morgan fingerprint density at radius 2 is 1.23 bits per heavy atom. The first kappa shape index (κ1) is 35.3. The molecule has 0 atom stereocenters. The molecular formula is C44H44N4O5. The predicted octanol–water partition coefficient (Wildman–Crippen LogP) is 8.52. The van der Waals surface area contributed by atoms with Gasteiger partial charge in [0.15, 0.2) is 0 Å². The normalized spacial score (nSPS) is 13.4. The molecule has 1 aliphatic heterocycles. The van der Waals surface area contributed by atoms with Crippen molar-refractivity contribution < 1.29 is 23.8 Å². The van der Waals surface area contributed by atoms with Crippen molar-refractivity contribution in [2.75, 3.05) is 37.7 Å². The molecule has 6 aromatic rings. The molecule has 9 nitrogen and oxygen atoms in total. The average Bonchev–Trinajstić information content (AvgIpc) is 3.29. The third-order valence-corrected chi connectivity index (χ3v) is 9.84. The summed E-state index contributed by atoms with van der Waals surface area (Å²) in [5.74, 6) is 0.640. The zero-order chi connectivity index (χ0) is 36.7. The van der Waals surface area contributed by atoms with E-state index in [1.165, 1.54) is 25.7 Å². The summed E-state index contributed by atoms with van der Waals surface area (Å²) in [5, 5.41) is 0.940. The molecule has 0 aliphatic carbocycles. The molecule has 2 heterocycles. The molecule has 1 aromatic heterocycles. The van der Waals surface area contributed by atoms with Crippen LogP contribution in [0.3, 0.4) is 0 Å². The zero-order valence-electron chi connectivity index (χ0n) is 29.9. The molecule has 1 aliphatic rings. The first-order valence-electron chi connectivity index (χ1n) is 18.1. The Hall–Kier alpha value is -6.06. The van der Waals surface area contributed by atoms with Crippen molar-refractivity contribution >= 4 is 34.2 Å². The first-order chi connectivity index (χ1) is 25.8. The van der Waals surface area contributed by atoms with Crippen LogP contribution >= 0.6 is 0 Å². The van der Waals surface area contributed by atoms with Crippen LogP contribution in [0.4, 0.5) is 11.4 Å². The summed E-state index contributed by atoms with van der Waals surface area (Å²) in [6.45, 7) is 6.54. The monoisotopic (exact) mass is 708 g/mol. The van der Waals surface area contributed by atoms with Gasteiger partial charge in [-0.2, -0.15) is 0 Å². The second-order valence-corrected chi connectivity index (χ2v) is 13.5. The number of carbonyl (C=O) groups is 2. The number of nitrogens with two attached hydrogens (primary N) is 2. The summed E-state index contributed by atoms with van der Waals surface area (Å²) in [7, 11) is 0. The van der Waals surface area contributed by atoms with Gasteiger partial charge in [0.05, 0.1) is 16.8 Å². The van der Waals surface area contributed by atoms with Crippen LogP contribution in [0.1, 0.15) is 57.5 Å². The number of carbonyl (C=O) groups excluding carboxylic acids is 2. The largest absolute Gasteiger partial charge is 0.492 e. The molecule has 0 amide bonds. The second-order valence-electron chi connectivity index (χ2n) is 13.5. The highest BCUT2D eigenvalue weighted by atomic mass is 16.5. The first-order valence-corrected chi connectivity index (χ1v) is 18.1. The number of aromatic nitrogens is 1. The van der Waals surface area contributed by atoms with Gasteiger partial charge >= 0.3 is 11.9 Å². The quantitative estimate of drug-likeness (QED) is 0.0781. The zero-order valence-corrected chi connectivity index (χ0v) is 29.9. The molecule has 53 heavy (non-hydrogen) atoms. The Labute approximate surface area is 309 Å². The summed E-state index contributed by atoms with van der Waals surface area (Å²) in [6.07, 6.45) is 5.17. The lowest BCUT2D eigenvalue weighted by molar-refractivity contribution is 0.0726. The lowest BCUT2D eigenvalue weighted by atomic mass is 10.1. The number of fused-ring (bicyclic) bond motifs is 1. The number of aryl methyl sites for hydroxylation is 1. The number of anilines is 2. The minimum absolute atomic E-state index is 0.313. The van der Waals surface area contributed by atoms with Gasteiger partial charge in [-0.1, -0.05) is 49.2 Å². The van der Waals surface area contributed by atoms with E-state index in [1.807, 2.05) is 36.4 Å². The van der Waals surface area contributed by atoms with Gasteiger partial charge in [-0.05, 0) is 128 Å². The number of likely N-dealkylation sites (tertiary alicyclic amines) is 1. The summed E-state index contributed by atoms with van der Waals surface area (Å²) < 4.78 is 19.9. The Morgan fingerprint density at radius 3 is 1.85 bits per heavy atom. The van der Waals surface area contributed by atoms with Crippen molar-refractivity contribution in [2.24, 2.45) is 0 Å². The predicted molar refractivity (Wildman–Crippen MR) is 210 cm³/mol. The molecule has 7 rings (SSSR count). The minimum atomic E-state index is -0.519. The summed E-state index contributed by atoms with van der Waals surface area (Å²) in [6, 6.07) is 35.1. The molecule has 0 spiro atoms. The van der Waals surface area contributed by atoms with Crippen LogP contribution in [0.2, 0.25) is 0 Å². The average molecular weight is 709 g/mol. The van der Waals surface area contributed by atoms with Gasteiger partial charge in [0.25, 0.3) is 0 Å². The van der Waals surface area contributed by atoms with E-state index in [9.17, 15) is 9.59 Å². The van der Waals surface area contributed by atoms with Crippen molar-refractivity contribution in [2.45, 2.75) is 39.2 Å². The van der Waals surface area contributed by atoms with Crippen LogP contribution in [-0.4, -0.2) is 47.6 Å². The van der Waals surface area contributed by atoms with Gasteiger partial charge in [-0.25, -0.2) is 9.59 Å². The summed E-state index contributed by atoms with van der Waals surface area (Å²) >= 11 is 0. The molecule has 5 aromatic carbocycles. The van der Waals surface area contributed by atoms with Crippen molar-refractivity contribution in [3.63, 3.8) is 0 Å². The Bertz CT molecular complexity index is 2220. The van der Waals surface area contributed by atoms with Crippen molar-refractivity contribution in [1.82, 2.24) is 9.47 Å². The molecular weight excluding hydrogens is 665 g/mol. The third kappa shape index (κ3) is 8.21. The van der Waals surface area contributed by atoms with Crippen LogP contribution < -0.4 is 25.7 Å². The van der Waals surface area contributed by atoms with E-state index in [1.54, 1.807) is 66.7 Å². The van der Waals surface area contributed by atoms with E-state index in [2.05, 4.69) is 28.5 Å². The Morgan fingerprint density at radius 1 is 0.660 bits per heavy atom. The van der Waals surface area contributed by atoms with Gasteiger partial charge < -0.3 is 30.2 Å². The highest BCUT2D eigenvalue weighted by molar-refractivity contribution is 5.98. The molecule has 0 saturated carbocycles. The molecule has 0 bridgehead atoms. The lowest BCUT2D eigenvalue weighted by Crippen LogP contribution is -2.29. The number of hydrogen-bond donors (Lipinski definition) is 2. The highest BCUT2D eigenvalue weighted by Crippen LogP contribution is 2.37. The molecule has 1 saturated heterocycles. The van der Waals surface area contributed by atoms with Crippen molar-refractivity contribution in [1.29, 1.82) is 0 Å². The SMILES string of the molecule is Cc1c(-c2ccc(OC(=O)c3ccccc3N)cc2)n(Cc2ccc(OCCN3CCCCCC3)cc2)c2ccc(OC(=O)c3ccccc3N)cc12. The van der Waals surface area contributed by atoms with Crippen molar-refractivity contribution in [3.05, 3.63) is 138 Å². The lowest BCUT2D eigenvalue weighted by Gasteiger charge is -2.19. The number of ether oxygens (including phenoxy) is 3. The highest BCUT2D eigenvalue weighted by Gasteiger charge is 2.20. The van der Waals surface area contributed by atoms with E-state index in [-0.39, 0.29) is 0 Å². The Balaban J connectivity index is 1.15. The van der Waals surface area contributed by atoms with Gasteiger partial charge in [-0.3, -0.25) is 4.90 Å². The number of rotatable bonds is 11. The molecule has 1 fully saturated rings. The maximum atomic E-state index is 13.0. The van der Waals surface area contributed by atoms with E-state index in [4.69, 9.17) is 25.7 Å². The van der Waals surface area contributed by atoms with Gasteiger partial charge in [0.1, 0.15) is 23.9 Å².